The van der Waals surface area contributed by atoms with Crippen LogP contribution >= 0.6 is 0 Å². The minimum atomic E-state index is -0.804. The van der Waals surface area contributed by atoms with Crippen LogP contribution in [0, 0.1) is 0 Å². The molecule has 0 radical (unpaired) electrons. The first-order valence-electron chi connectivity index (χ1n) is 7.75. The van der Waals surface area contributed by atoms with Crippen LogP contribution in [0.1, 0.15) is 11.1 Å². The van der Waals surface area contributed by atoms with Crippen LogP contribution in [0.3, 0.4) is 0 Å². The first kappa shape index (κ1) is 16.1. The Kier molecular flexibility index (Phi) is 4.51. The van der Waals surface area contributed by atoms with Crippen LogP contribution in [-0.4, -0.2) is 37.2 Å². The molecule has 1 saturated heterocycles. The van der Waals surface area contributed by atoms with E-state index in [-0.39, 0.29) is 25.7 Å². The molecule has 0 N–H and O–H groups in total. The average molecular weight is 325 g/mol. The molecule has 2 aromatic carbocycles. The summed E-state index contributed by atoms with van der Waals surface area (Å²) in [5.41, 5.74) is 0.972. The summed E-state index contributed by atoms with van der Waals surface area (Å²) in [6, 6.07) is 18.9. The van der Waals surface area contributed by atoms with Gasteiger partial charge in [0.1, 0.15) is 12.0 Å². The normalized spacial score (nSPS) is 15.3. The zero-order valence-electron chi connectivity index (χ0n) is 13.5. The van der Waals surface area contributed by atoms with Crippen molar-refractivity contribution in [2.75, 3.05) is 20.2 Å². The van der Waals surface area contributed by atoms with Crippen LogP contribution in [-0.2, 0) is 26.3 Å². The van der Waals surface area contributed by atoms with Crippen molar-refractivity contribution in [1.82, 2.24) is 4.90 Å². The van der Waals surface area contributed by atoms with E-state index < -0.39 is 11.5 Å². The van der Waals surface area contributed by atoms with E-state index in [0.717, 1.165) is 11.1 Å². The standard InChI is InChI=1S/C19H19NO4/c1-23-17(21)19(16-10-6-3-7-11-16)13-20(14-19)18(22)24-12-15-8-4-2-5-9-15/h2-11H,12-14H2,1H3. The minimum Gasteiger partial charge on any atom is -0.468 e. The summed E-state index contributed by atoms with van der Waals surface area (Å²) in [6.07, 6.45) is -0.422. The Bertz CT molecular complexity index is 709. The summed E-state index contributed by atoms with van der Waals surface area (Å²) < 4.78 is 10.3. The number of carbonyl (C=O) groups excluding carboxylic acids is 2. The van der Waals surface area contributed by atoms with Crippen LogP contribution in [0.4, 0.5) is 4.79 Å². The number of carbonyl (C=O) groups is 2. The van der Waals surface area contributed by atoms with Gasteiger partial charge in [-0.1, -0.05) is 60.7 Å². The molecule has 1 fully saturated rings. The van der Waals surface area contributed by atoms with Gasteiger partial charge in [0.15, 0.2) is 0 Å². The number of esters is 1. The molecule has 2 aromatic rings. The molecular formula is C19H19NO4. The Morgan fingerprint density at radius 3 is 2.17 bits per heavy atom. The number of nitrogens with zero attached hydrogens (tertiary/aromatic N) is 1. The predicted molar refractivity (Wildman–Crippen MR) is 88.3 cm³/mol. The summed E-state index contributed by atoms with van der Waals surface area (Å²) in [5.74, 6) is -0.333. The number of ether oxygens (including phenoxy) is 2. The summed E-state index contributed by atoms with van der Waals surface area (Å²) in [7, 11) is 1.36. The lowest BCUT2D eigenvalue weighted by Gasteiger charge is -2.47. The highest BCUT2D eigenvalue weighted by molar-refractivity contribution is 5.87. The Hall–Kier alpha value is -2.82. The Morgan fingerprint density at radius 1 is 1.00 bits per heavy atom. The number of benzene rings is 2. The second kappa shape index (κ2) is 6.74. The van der Waals surface area contributed by atoms with Crippen LogP contribution in [0.5, 0.6) is 0 Å². The maximum atomic E-state index is 12.3. The second-order valence-corrected chi connectivity index (χ2v) is 5.84. The fraction of sp³-hybridized carbons (Fsp3) is 0.263. The van der Waals surface area contributed by atoms with E-state index in [1.54, 1.807) is 0 Å². The molecule has 0 unspecified atom stereocenters. The van der Waals surface area contributed by atoms with E-state index in [9.17, 15) is 9.59 Å². The lowest BCUT2D eigenvalue weighted by molar-refractivity contribution is -0.154. The van der Waals surface area contributed by atoms with E-state index in [0.29, 0.717) is 0 Å². The Labute approximate surface area is 140 Å². The minimum absolute atomic E-state index is 0.215. The van der Waals surface area contributed by atoms with Gasteiger partial charge >= 0.3 is 12.1 Å². The van der Waals surface area contributed by atoms with Crippen LogP contribution in [0.15, 0.2) is 60.7 Å². The summed E-state index contributed by atoms with van der Waals surface area (Å²) in [5, 5.41) is 0. The number of amides is 1. The van der Waals surface area contributed by atoms with E-state index in [2.05, 4.69) is 0 Å². The quantitative estimate of drug-likeness (QED) is 0.811. The molecular weight excluding hydrogens is 306 g/mol. The number of hydrogen-bond acceptors (Lipinski definition) is 4. The molecule has 5 heteroatoms. The fourth-order valence-corrected chi connectivity index (χ4v) is 2.93. The van der Waals surface area contributed by atoms with Gasteiger partial charge in [0.25, 0.3) is 0 Å². The molecule has 0 atom stereocenters. The van der Waals surface area contributed by atoms with Crippen molar-refractivity contribution < 1.29 is 19.1 Å². The maximum Gasteiger partial charge on any atom is 0.410 e. The topological polar surface area (TPSA) is 55.8 Å². The zero-order valence-corrected chi connectivity index (χ0v) is 13.5. The number of hydrogen-bond donors (Lipinski definition) is 0. The van der Waals surface area contributed by atoms with Gasteiger partial charge in [0, 0.05) is 13.1 Å². The third-order valence-corrected chi connectivity index (χ3v) is 4.29. The van der Waals surface area contributed by atoms with Crippen molar-refractivity contribution in [2.45, 2.75) is 12.0 Å². The van der Waals surface area contributed by atoms with E-state index >= 15 is 0 Å². The van der Waals surface area contributed by atoms with Crippen molar-refractivity contribution in [2.24, 2.45) is 0 Å². The lowest BCUT2D eigenvalue weighted by Crippen LogP contribution is -2.65. The van der Waals surface area contributed by atoms with E-state index in [1.165, 1.54) is 12.0 Å². The summed E-state index contributed by atoms with van der Waals surface area (Å²) >= 11 is 0. The second-order valence-electron chi connectivity index (χ2n) is 5.84. The third-order valence-electron chi connectivity index (χ3n) is 4.29. The maximum absolute atomic E-state index is 12.3. The van der Waals surface area contributed by atoms with Crippen molar-refractivity contribution >= 4 is 12.1 Å². The molecule has 124 valence electrons. The average Bonchev–Trinajstić information content (AvgIpc) is 2.60. The van der Waals surface area contributed by atoms with Gasteiger partial charge in [-0.2, -0.15) is 0 Å². The van der Waals surface area contributed by atoms with Crippen LogP contribution < -0.4 is 0 Å². The third kappa shape index (κ3) is 2.97. The predicted octanol–water partition coefficient (Wildman–Crippen LogP) is 2.75. The van der Waals surface area contributed by atoms with Gasteiger partial charge in [-0.15, -0.1) is 0 Å². The fourth-order valence-electron chi connectivity index (χ4n) is 2.93. The Balaban J connectivity index is 1.64. The van der Waals surface area contributed by atoms with Crippen LogP contribution in [0.2, 0.25) is 0 Å². The molecule has 0 aromatic heterocycles. The lowest BCUT2D eigenvalue weighted by atomic mass is 9.74. The molecule has 1 aliphatic rings. The monoisotopic (exact) mass is 325 g/mol. The molecule has 24 heavy (non-hydrogen) atoms. The van der Waals surface area contributed by atoms with Gasteiger partial charge in [0.2, 0.25) is 0 Å². The molecule has 0 spiro atoms. The smallest absolute Gasteiger partial charge is 0.410 e. The SMILES string of the molecule is COC(=O)C1(c2ccccc2)CN(C(=O)OCc2ccccc2)C1. The highest BCUT2D eigenvalue weighted by Crippen LogP contribution is 2.36. The molecule has 5 nitrogen and oxygen atoms in total. The number of rotatable bonds is 4. The number of methoxy groups -OCH3 is 1. The molecule has 0 bridgehead atoms. The van der Waals surface area contributed by atoms with E-state index in [4.69, 9.17) is 9.47 Å². The van der Waals surface area contributed by atoms with Gasteiger partial charge in [0.05, 0.1) is 7.11 Å². The summed E-state index contributed by atoms with van der Waals surface area (Å²) in [6.45, 7) is 0.737. The molecule has 3 rings (SSSR count). The molecule has 0 saturated carbocycles. The Morgan fingerprint density at radius 2 is 1.58 bits per heavy atom. The molecule has 1 aliphatic heterocycles. The summed E-state index contributed by atoms with van der Waals surface area (Å²) in [4.78, 5) is 26.0. The van der Waals surface area contributed by atoms with Gasteiger partial charge in [-0.05, 0) is 11.1 Å². The molecule has 1 amide bonds. The molecule has 1 heterocycles. The van der Waals surface area contributed by atoms with Crippen LogP contribution in [0.25, 0.3) is 0 Å². The van der Waals surface area contributed by atoms with Crippen molar-refractivity contribution in [3.8, 4) is 0 Å². The zero-order chi connectivity index (χ0) is 17.0. The number of likely N-dealkylation sites (tertiary alicyclic amines) is 1. The van der Waals surface area contributed by atoms with Crippen molar-refractivity contribution in [1.29, 1.82) is 0 Å². The van der Waals surface area contributed by atoms with E-state index in [1.807, 2.05) is 60.7 Å². The van der Waals surface area contributed by atoms with Gasteiger partial charge in [-0.3, -0.25) is 4.79 Å². The highest BCUT2D eigenvalue weighted by Gasteiger charge is 2.53. The first-order chi connectivity index (χ1) is 11.7. The molecule has 0 aliphatic carbocycles. The van der Waals surface area contributed by atoms with Gasteiger partial charge in [-0.25, -0.2) is 4.79 Å². The van der Waals surface area contributed by atoms with Gasteiger partial charge < -0.3 is 14.4 Å². The highest BCUT2D eigenvalue weighted by atomic mass is 16.6. The first-order valence-corrected chi connectivity index (χ1v) is 7.75. The largest absolute Gasteiger partial charge is 0.468 e. The van der Waals surface area contributed by atoms with Crippen molar-refractivity contribution in [3.63, 3.8) is 0 Å². The van der Waals surface area contributed by atoms with Crippen molar-refractivity contribution in [3.05, 3.63) is 71.8 Å².